The van der Waals surface area contributed by atoms with E-state index in [0.29, 0.717) is 5.92 Å². The van der Waals surface area contributed by atoms with Crippen molar-refractivity contribution in [3.8, 4) is 0 Å². The number of hydrogen-bond donors (Lipinski definition) is 3. The standard InChI is InChI=1S/C22H23N5O.2C2HF3O2/c1-2-5-18(6-3-1)23-19-8-9-21-24-22(25-27(21)15-19)17-10-12-26(13-11-17)16-20-7-4-14-28-20;2*3-2(4,5)1(6)7/h1-9,14-15,17,23H,10-13,16H2;2*(H,6,7). The van der Waals surface area contributed by atoms with Crippen LogP contribution in [0, 0.1) is 0 Å². The van der Waals surface area contributed by atoms with E-state index in [1.807, 2.05) is 65.3 Å². The van der Waals surface area contributed by atoms with Gasteiger partial charge in [-0.25, -0.2) is 19.1 Å². The molecular formula is C26H25F6N5O5. The third-order valence-corrected chi connectivity index (χ3v) is 5.81. The summed E-state index contributed by atoms with van der Waals surface area (Å²) in [4.78, 5) is 25.0. The van der Waals surface area contributed by atoms with Crippen LogP contribution in [0.3, 0.4) is 0 Å². The van der Waals surface area contributed by atoms with Crippen LogP contribution in [0.25, 0.3) is 5.65 Å². The van der Waals surface area contributed by atoms with E-state index in [4.69, 9.17) is 34.3 Å². The van der Waals surface area contributed by atoms with Crippen molar-refractivity contribution in [1.82, 2.24) is 19.5 Å². The summed E-state index contributed by atoms with van der Waals surface area (Å²) in [5.74, 6) is -3.12. The first-order valence-electron chi connectivity index (χ1n) is 12.3. The second-order valence-electron chi connectivity index (χ2n) is 8.92. The van der Waals surface area contributed by atoms with Gasteiger partial charge in [0.15, 0.2) is 11.5 Å². The molecule has 226 valence electrons. The van der Waals surface area contributed by atoms with Gasteiger partial charge in [-0.2, -0.15) is 31.4 Å². The SMILES string of the molecule is O=C(O)C(F)(F)F.O=C(O)C(F)(F)F.c1ccc(Nc2ccc3nc(C4CCN(Cc5ccco5)CC4)nn3c2)cc1. The van der Waals surface area contributed by atoms with Crippen molar-refractivity contribution in [3.05, 3.63) is 78.6 Å². The lowest BCUT2D eigenvalue weighted by atomic mass is 9.96. The molecule has 0 unspecified atom stereocenters. The molecule has 4 aromatic rings. The molecule has 0 bridgehead atoms. The maximum Gasteiger partial charge on any atom is 0.490 e. The average Bonchev–Trinajstić information content (AvgIpc) is 3.59. The van der Waals surface area contributed by atoms with Gasteiger partial charge < -0.3 is 19.9 Å². The monoisotopic (exact) mass is 601 g/mol. The number of anilines is 2. The summed E-state index contributed by atoms with van der Waals surface area (Å²) in [6, 6.07) is 18.2. The first kappa shape index (κ1) is 31.9. The van der Waals surface area contributed by atoms with Gasteiger partial charge in [-0.15, -0.1) is 0 Å². The molecule has 0 spiro atoms. The molecule has 42 heavy (non-hydrogen) atoms. The first-order chi connectivity index (χ1) is 19.7. The van der Waals surface area contributed by atoms with Gasteiger partial charge in [0.25, 0.3) is 0 Å². The van der Waals surface area contributed by atoms with E-state index in [-0.39, 0.29) is 0 Å². The summed E-state index contributed by atoms with van der Waals surface area (Å²) in [6.07, 6.45) is -4.27. The average molecular weight is 602 g/mol. The van der Waals surface area contributed by atoms with Crippen LogP contribution in [0.4, 0.5) is 37.7 Å². The Morgan fingerprint density at radius 3 is 2.00 bits per heavy atom. The topological polar surface area (TPSA) is 133 Å². The van der Waals surface area contributed by atoms with Gasteiger partial charge in [0.1, 0.15) is 5.76 Å². The first-order valence-corrected chi connectivity index (χ1v) is 12.3. The molecule has 1 saturated heterocycles. The third kappa shape index (κ3) is 9.79. The number of benzene rings is 1. The molecule has 3 N–H and O–H groups in total. The minimum atomic E-state index is -5.08. The number of carboxylic acids is 2. The maximum atomic E-state index is 10.6. The van der Waals surface area contributed by atoms with Crippen molar-refractivity contribution in [1.29, 1.82) is 0 Å². The second kappa shape index (κ2) is 13.8. The predicted molar refractivity (Wildman–Crippen MR) is 136 cm³/mol. The molecule has 1 aromatic carbocycles. The van der Waals surface area contributed by atoms with Crippen molar-refractivity contribution in [2.75, 3.05) is 18.4 Å². The summed E-state index contributed by atoms with van der Waals surface area (Å²) in [7, 11) is 0. The smallest absolute Gasteiger partial charge is 0.475 e. The summed E-state index contributed by atoms with van der Waals surface area (Å²) < 4.78 is 70.8. The lowest BCUT2D eigenvalue weighted by Crippen LogP contribution is -2.32. The number of aromatic nitrogens is 3. The lowest BCUT2D eigenvalue weighted by molar-refractivity contribution is -0.193. The Morgan fingerprint density at radius 1 is 0.881 bits per heavy atom. The van der Waals surface area contributed by atoms with Gasteiger partial charge in [-0.05, 0) is 62.3 Å². The molecule has 0 amide bonds. The van der Waals surface area contributed by atoms with Crippen molar-refractivity contribution >= 4 is 29.0 Å². The highest BCUT2D eigenvalue weighted by Gasteiger charge is 2.38. The number of nitrogens with zero attached hydrogens (tertiary/aromatic N) is 4. The van der Waals surface area contributed by atoms with E-state index in [9.17, 15) is 26.3 Å². The molecule has 3 aromatic heterocycles. The fourth-order valence-electron chi connectivity index (χ4n) is 3.81. The van der Waals surface area contributed by atoms with Crippen LogP contribution in [0.2, 0.25) is 0 Å². The summed E-state index contributed by atoms with van der Waals surface area (Å²) in [6.45, 7) is 2.97. The molecule has 5 rings (SSSR count). The molecule has 16 heteroatoms. The number of piperidine rings is 1. The fraction of sp³-hybridized carbons (Fsp3) is 0.308. The fourth-order valence-corrected chi connectivity index (χ4v) is 3.81. The van der Waals surface area contributed by atoms with E-state index in [0.717, 1.165) is 61.1 Å². The summed E-state index contributed by atoms with van der Waals surface area (Å²) in [5.41, 5.74) is 2.96. The molecular weight excluding hydrogens is 576 g/mol. The van der Waals surface area contributed by atoms with E-state index in [1.54, 1.807) is 6.26 Å². The van der Waals surface area contributed by atoms with Gasteiger partial charge >= 0.3 is 24.3 Å². The number of fused-ring (bicyclic) bond motifs is 1. The van der Waals surface area contributed by atoms with Crippen LogP contribution in [-0.4, -0.2) is 67.1 Å². The van der Waals surface area contributed by atoms with Crippen molar-refractivity contribution in [3.63, 3.8) is 0 Å². The van der Waals surface area contributed by atoms with Gasteiger partial charge in [0, 0.05) is 11.6 Å². The normalized spacial score (nSPS) is 14.3. The minimum Gasteiger partial charge on any atom is -0.475 e. The molecule has 0 saturated carbocycles. The molecule has 10 nitrogen and oxygen atoms in total. The molecule has 4 heterocycles. The van der Waals surface area contributed by atoms with E-state index >= 15 is 0 Å². The summed E-state index contributed by atoms with van der Waals surface area (Å²) >= 11 is 0. The van der Waals surface area contributed by atoms with Crippen LogP contribution in [0.15, 0.2) is 71.5 Å². The second-order valence-corrected chi connectivity index (χ2v) is 8.92. The largest absolute Gasteiger partial charge is 0.490 e. The van der Waals surface area contributed by atoms with E-state index < -0.39 is 24.3 Å². The highest BCUT2D eigenvalue weighted by molar-refractivity contribution is 5.73. The zero-order valence-corrected chi connectivity index (χ0v) is 21.6. The van der Waals surface area contributed by atoms with E-state index in [1.165, 1.54) is 0 Å². The maximum absolute atomic E-state index is 10.6. The number of hydrogen-bond acceptors (Lipinski definition) is 7. The number of alkyl halides is 6. The van der Waals surface area contributed by atoms with Gasteiger partial charge in [0.05, 0.1) is 24.7 Å². The Bertz CT molecular complexity index is 1410. The Hall–Kier alpha value is -4.60. The number of aliphatic carboxylic acids is 2. The Labute approximate surface area is 234 Å². The van der Waals surface area contributed by atoms with Crippen molar-refractivity contribution in [2.45, 2.75) is 37.7 Å². The molecule has 1 fully saturated rings. The zero-order chi connectivity index (χ0) is 30.9. The Balaban J connectivity index is 0.000000289. The van der Waals surface area contributed by atoms with Crippen LogP contribution in [0.1, 0.15) is 30.3 Å². The molecule has 0 aliphatic carbocycles. The van der Waals surface area contributed by atoms with E-state index in [2.05, 4.69) is 10.2 Å². The molecule has 0 radical (unpaired) electrons. The number of carboxylic acid groups (broad SMARTS) is 2. The number of rotatable bonds is 5. The number of nitrogens with one attached hydrogen (secondary N) is 1. The van der Waals surface area contributed by atoms with Gasteiger partial charge in [0.2, 0.25) is 0 Å². The summed E-state index contributed by atoms with van der Waals surface area (Å²) in [5, 5.41) is 22.4. The van der Waals surface area contributed by atoms with Gasteiger partial charge in [-0.1, -0.05) is 18.2 Å². The Kier molecular flexibility index (Phi) is 10.5. The highest BCUT2D eigenvalue weighted by atomic mass is 19.4. The number of carbonyl (C=O) groups is 2. The van der Waals surface area contributed by atoms with Crippen LogP contribution in [0.5, 0.6) is 0 Å². The predicted octanol–water partition coefficient (Wildman–Crippen LogP) is 5.71. The quantitative estimate of drug-likeness (QED) is 0.246. The third-order valence-electron chi connectivity index (χ3n) is 5.81. The zero-order valence-electron chi connectivity index (χ0n) is 21.6. The molecule has 1 aliphatic heterocycles. The number of halogens is 6. The Morgan fingerprint density at radius 2 is 1.48 bits per heavy atom. The van der Waals surface area contributed by atoms with Crippen molar-refractivity contribution in [2.24, 2.45) is 0 Å². The highest BCUT2D eigenvalue weighted by Crippen LogP contribution is 2.27. The van der Waals surface area contributed by atoms with Crippen molar-refractivity contribution < 1.29 is 50.6 Å². The number of likely N-dealkylation sites (tertiary alicyclic amines) is 1. The molecule has 1 aliphatic rings. The molecule has 0 atom stereocenters. The van der Waals surface area contributed by atoms with Crippen LogP contribution in [-0.2, 0) is 16.1 Å². The number of para-hydroxylation sites is 1. The van der Waals surface area contributed by atoms with Crippen LogP contribution < -0.4 is 5.32 Å². The minimum absolute atomic E-state index is 0.415. The number of pyridine rings is 1. The van der Waals surface area contributed by atoms with Gasteiger partial charge in [-0.3, -0.25) is 4.90 Å². The number of furan rings is 1. The lowest BCUT2D eigenvalue weighted by Gasteiger charge is -2.29. The van der Waals surface area contributed by atoms with Crippen LogP contribution >= 0.6 is 0 Å².